The van der Waals surface area contributed by atoms with Gasteiger partial charge in [0.05, 0.1) is 0 Å². The quantitative estimate of drug-likeness (QED) is 0.465. The van der Waals surface area contributed by atoms with Crippen LogP contribution >= 0.6 is 0 Å². The van der Waals surface area contributed by atoms with Crippen LogP contribution in [0.1, 0.15) is 55.6 Å². The second kappa shape index (κ2) is 9.45. The molecule has 0 unspecified atom stereocenters. The van der Waals surface area contributed by atoms with Crippen LogP contribution in [0.25, 0.3) is 10.9 Å². The van der Waals surface area contributed by atoms with E-state index in [1.54, 1.807) is 0 Å². The molecule has 28 heavy (non-hydrogen) atoms. The normalized spacial score (nSPS) is 12.1. The molecule has 0 bridgehead atoms. The van der Waals surface area contributed by atoms with Crippen LogP contribution in [0.2, 0.25) is 0 Å². The summed E-state index contributed by atoms with van der Waals surface area (Å²) in [5.74, 6) is 2.06. The number of aryl methyl sites for hydroxylation is 1. The van der Waals surface area contributed by atoms with E-state index >= 15 is 0 Å². The van der Waals surface area contributed by atoms with E-state index < -0.39 is 0 Å². The molecule has 0 aliphatic heterocycles. The van der Waals surface area contributed by atoms with Gasteiger partial charge in [0, 0.05) is 17.4 Å². The first-order valence-electron chi connectivity index (χ1n) is 10.2. The zero-order valence-corrected chi connectivity index (χ0v) is 17.0. The summed E-state index contributed by atoms with van der Waals surface area (Å²) < 4.78 is 5.95. The molecule has 1 atom stereocenters. The number of carbonyl (C=O) groups excluding carboxylic acids is 1. The van der Waals surface area contributed by atoms with Crippen molar-refractivity contribution in [3.05, 3.63) is 59.8 Å². The van der Waals surface area contributed by atoms with E-state index in [0.29, 0.717) is 11.6 Å². The lowest BCUT2D eigenvalue weighted by Crippen LogP contribution is -2.29. The Morgan fingerprint density at radius 2 is 1.93 bits per heavy atom. The number of rotatable bonds is 9. The Balaban J connectivity index is 1.67. The van der Waals surface area contributed by atoms with Gasteiger partial charge in [-0.2, -0.15) is 0 Å². The van der Waals surface area contributed by atoms with Crippen LogP contribution in [0.3, 0.4) is 0 Å². The SMILES string of the molecule is CCCC[C@H](CC)CNC(=O)c1cc2cc(Oc3cccc(C)c3)ccc2[nH]1. The second-order valence-electron chi connectivity index (χ2n) is 7.48. The summed E-state index contributed by atoms with van der Waals surface area (Å²) in [6.07, 6.45) is 4.66. The Bertz CT molecular complexity index is 929. The molecule has 148 valence electrons. The van der Waals surface area contributed by atoms with E-state index in [1.165, 1.54) is 19.3 Å². The molecule has 0 saturated carbocycles. The number of hydrogen-bond donors (Lipinski definition) is 2. The van der Waals surface area contributed by atoms with Crippen molar-refractivity contribution in [3.63, 3.8) is 0 Å². The topological polar surface area (TPSA) is 54.1 Å². The molecular weight excluding hydrogens is 348 g/mol. The molecule has 0 saturated heterocycles. The first kappa shape index (κ1) is 20.0. The van der Waals surface area contributed by atoms with Gasteiger partial charge in [-0.05, 0) is 61.2 Å². The number of aromatic amines is 1. The van der Waals surface area contributed by atoms with E-state index in [1.807, 2.05) is 55.5 Å². The molecule has 3 rings (SSSR count). The number of amides is 1. The summed E-state index contributed by atoms with van der Waals surface area (Å²) in [7, 11) is 0. The van der Waals surface area contributed by atoms with Gasteiger partial charge in [-0.1, -0.05) is 45.2 Å². The maximum atomic E-state index is 12.5. The Kier molecular flexibility index (Phi) is 6.75. The smallest absolute Gasteiger partial charge is 0.267 e. The molecular formula is C24H30N2O2. The fraction of sp³-hybridized carbons (Fsp3) is 0.375. The van der Waals surface area contributed by atoms with Gasteiger partial charge in [0.1, 0.15) is 17.2 Å². The molecule has 0 spiro atoms. The second-order valence-corrected chi connectivity index (χ2v) is 7.48. The van der Waals surface area contributed by atoms with Gasteiger partial charge in [0.25, 0.3) is 5.91 Å². The lowest BCUT2D eigenvalue weighted by atomic mass is 9.99. The Morgan fingerprint density at radius 3 is 2.68 bits per heavy atom. The number of ether oxygens (including phenoxy) is 1. The number of aromatic nitrogens is 1. The molecule has 0 fully saturated rings. The number of nitrogens with one attached hydrogen (secondary N) is 2. The number of unbranched alkanes of at least 4 members (excludes halogenated alkanes) is 1. The molecule has 0 aliphatic carbocycles. The number of benzene rings is 2. The predicted octanol–water partition coefficient (Wildman–Crippen LogP) is 6.21. The van der Waals surface area contributed by atoms with E-state index in [4.69, 9.17) is 4.74 Å². The van der Waals surface area contributed by atoms with Crippen molar-refractivity contribution in [3.8, 4) is 11.5 Å². The van der Waals surface area contributed by atoms with Crippen LogP contribution in [-0.4, -0.2) is 17.4 Å². The summed E-state index contributed by atoms with van der Waals surface area (Å²) in [6, 6.07) is 15.7. The van der Waals surface area contributed by atoms with Crippen molar-refractivity contribution < 1.29 is 9.53 Å². The Morgan fingerprint density at radius 1 is 1.11 bits per heavy atom. The number of fused-ring (bicyclic) bond motifs is 1. The molecule has 2 N–H and O–H groups in total. The lowest BCUT2D eigenvalue weighted by molar-refractivity contribution is 0.0941. The van der Waals surface area contributed by atoms with Crippen molar-refractivity contribution >= 4 is 16.8 Å². The molecule has 1 aromatic heterocycles. The highest BCUT2D eigenvalue weighted by Gasteiger charge is 2.13. The molecule has 3 aromatic rings. The van der Waals surface area contributed by atoms with Gasteiger partial charge in [-0.25, -0.2) is 0 Å². The number of H-pyrrole nitrogens is 1. The summed E-state index contributed by atoms with van der Waals surface area (Å²) in [5.41, 5.74) is 2.68. The van der Waals surface area contributed by atoms with Crippen LogP contribution in [0.15, 0.2) is 48.5 Å². The standard InChI is InChI=1S/C24H30N2O2/c1-4-6-9-18(5-2)16-25-24(27)23-15-19-14-21(11-12-22(19)26-23)28-20-10-7-8-17(3)13-20/h7-8,10-15,18,26H,4-6,9,16H2,1-3H3,(H,25,27)/t18-/m0/s1. The summed E-state index contributed by atoms with van der Waals surface area (Å²) in [5, 5.41) is 4.05. The zero-order chi connectivity index (χ0) is 19.9. The fourth-order valence-electron chi connectivity index (χ4n) is 3.39. The maximum absolute atomic E-state index is 12.5. The van der Waals surface area contributed by atoms with Crippen LogP contribution in [-0.2, 0) is 0 Å². The fourth-order valence-corrected chi connectivity index (χ4v) is 3.39. The largest absolute Gasteiger partial charge is 0.457 e. The molecule has 4 heteroatoms. The predicted molar refractivity (Wildman–Crippen MR) is 115 cm³/mol. The third-order valence-electron chi connectivity index (χ3n) is 5.16. The van der Waals surface area contributed by atoms with Crippen LogP contribution in [0.4, 0.5) is 0 Å². The minimum absolute atomic E-state index is 0.0488. The first-order valence-corrected chi connectivity index (χ1v) is 10.2. The van der Waals surface area contributed by atoms with Gasteiger partial charge < -0.3 is 15.0 Å². The number of hydrogen-bond acceptors (Lipinski definition) is 2. The third kappa shape index (κ3) is 5.16. The lowest BCUT2D eigenvalue weighted by Gasteiger charge is -2.14. The molecule has 0 radical (unpaired) electrons. The molecule has 4 nitrogen and oxygen atoms in total. The van der Waals surface area contributed by atoms with Crippen LogP contribution in [0.5, 0.6) is 11.5 Å². The van der Waals surface area contributed by atoms with Gasteiger partial charge in [0.15, 0.2) is 0 Å². The van der Waals surface area contributed by atoms with E-state index in [9.17, 15) is 4.79 Å². The van der Waals surface area contributed by atoms with Crippen LogP contribution < -0.4 is 10.1 Å². The molecule has 1 heterocycles. The van der Waals surface area contributed by atoms with Gasteiger partial charge in [-0.15, -0.1) is 0 Å². The summed E-state index contributed by atoms with van der Waals surface area (Å²) in [6.45, 7) is 7.16. The van der Waals surface area contributed by atoms with Gasteiger partial charge >= 0.3 is 0 Å². The van der Waals surface area contributed by atoms with E-state index in [0.717, 1.165) is 40.9 Å². The molecule has 1 amide bonds. The highest BCUT2D eigenvalue weighted by Crippen LogP contribution is 2.26. The van der Waals surface area contributed by atoms with Crippen molar-refractivity contribution in [2.75, 3.05) is 6.54 Å². The minimum atomic E-state index is -0.0488. The average molecular weight is 379 g/mol. The summed E-state index contributed by atoms with van der Waals surface area (Å²) in [4.78, 5) is 15.8. The molecule has 2 aromatic carbocycles. The highest BCUT2D eigenvalue weighted by molar-refractivity contribution is 5.98. The Hall–Kier alpha value is -2.75. The average Bonchev–Trinajstić information content (AvgIpc) is 3.11. The summed E-state index contributed by atoms with van der Waals surface area (Å²) >= 11 is 0. The van der Waals surface area contributed by atoms with Crippen molar-refractivity contribution in [2.45, 2.75) is 46.5 Å². The maximum Gasteiger partial charge on any atom is 0.267 e. The monoisotopic (exact) mass is 378 g/mol. The van der Waals surface area contributed by atoms with E-state index in [2.05, 4.69) is 24.1 Å². The van der Waals surface area contributed by atoms with Gasteiger partial charge in [-0.3, -0.25) is 4.79 Å². The van der Waals surface area contributed by atoms with E-state index in [-0.39, 0.29) is 5.91 Å². The van der Waals surface area contributed by atoms with Gasteiger partial charge in [0.2, 0.25) is 0 Å². The third-order valence-corrected chi connectivity index (χ3v) is 5.16. The Labute approximate surface area is 167 Å². The van der Waals surface area contributed by atoms with Crippen molar-refractivity contribution in [2.24, 2.45) is 5.92 Å². The minimum Gasteiger partial charge on any atom is -0.457 e. The highest BCUT2D eigenvalue weighted by atomic mass is 16.5. The van der Waals surface area contributed by atoms with Crippen LogP contribution in [0, 0.1) is 12.8 Å². The number of carbonyl (C=O) groups is 1. The first-order chi connectivity index (χ1) is 13.6. The molecule has 0 aliphatic rings. The zero-order valence-electron chi connectivity index (χ0n) is 17.0. The van der Waals surface area contributed by atoms with Crippen molar-refractivity contribution in [1.29, 1.82) is 0 Å². The van der Waals surface area contributed by atoms with Crippen molar-refractivity contribution in [1.82, 2.24) is 10.3 Å².